The van der Waals surface area contributed by atoms with Crippen LogP contribution in [0.1, 0.15) is 17.7 Å². The zero-order chi connectivity index (χ0) is 12.3. The highest BCUT2D eigenvalue weighted by Crippen LogP contribution is 2.15. The zero-order valence-corrected chi connectivity index (χ0v) is 9.89. The first kappa shape index (κ1) is 12.1. The van der Waals surface area contributed by atoms with E-state index in [2.05, 4.69) is 4.90 Å². The summed E-state index contributed by atoms with van der Waals surface area (Å²) in [6.07, 6.45) is 1.53. The van der Waals surface area contributed by atoms with Crippen molar-refractivity contribution in [2.75, 3.05) is 19.7 Å². The molecule has 2 heterocycles. The summed E-state index contributed by atoms with van der Waals surface area (Å²) in [6, 6.07) is 1.94. The molecule has 0 spiro atoms. The Kier molecular flexibility index (Phi) is 3.81. The van der Waals surface area contributed by atoms with Gasteiger partial charge in [0.1, 0.15) is 5.76 Å². The van der Waals surface area contributed by atoms with E-state index < -0.39 is 5.97 Å². The summed E-state index contributed by atoms with van der Waals surface area (Å²) in [5, 5.41) is 8.74. The van der Waals surface area contributed by atoms with E-state index in [-0.39, 0.29) is 12.5 Å². The van der Waals surface area contributed by atoms with Crippen molar-refractivity contribution in [2.45, 2.75) is 26.0 Å². The Balaban J connectivity index is 1.89. The lowest BCUT2D eigenvalue weighted by Crippen LogP contribution is -2.42. The summed E-state index contributed by atoms with van der Waals surface area (Å²) in [5.41, 5.74) is 1.13. The van der Waals surface area contributed by atoms with Crippen molar-refractivity contribution >= 4 is 5.97 Å². The first-order valence-corrected chi connectivity index (χ1v) is 5.74. The second-order valence-corrected chi connectivity index (χ2v) is 4.35. The summed E-state index contributed by atoms with van der Waals surface area (Å²) in [6.45, 7) is 4.77. The monoisotopic (exact) mass is 239 g/mol. The minimum absolute atomic E-state index is 0.0631. The van der Waals surface area contributed by atoms with Crippen LogP contribution in [0.15, 0.2) is 16.7 Å². The van der Waals surface area contributed by atoms with Crippen LogP contribution >= 0.6 is 0 Å². The fourth-order valence-electron chi connectivity index (χ4n) is 2.01. The number of carbonyl (C=O) groups is 1. The van der Waals surface area contributed by atoms with Crippen LogP contribution in [0.5, 0.6) is 0 Å². The summed E-state index contributed by atoms with van der Waals surface area (Å²) in [5.74, 6) is 0.131. The SMILES string of the molecule is Cc1ccoc1CN1CCOC(CC(=O)O)C1. The highest BCUT2D eigenvalue weighted by Gasteiger charge is 2.23. The van der Waals surface area contributed by atoms with E-state index in [0.29, 0.717) is 13.2 Å². The minimum Gasteiger partial charge on any atom is -0.481 e. The van der Waals surface area contributed by atoms with Crippen LogP contribution in [-0.4, -0.2) is 41.8 Å². The van der Waals surface area contributed by atoms with Gasteiger partial charge in [-0.25, -0.2) is 0 Å². The molecule has 5 heteroatoms. The van der Waals surface area contributed by atoms with Crippen molar-refractivity contribution in [3.05, 3.63) is 23.7 Å². The van der Waals surface area contributed by atoms with Gasteiger partial charge in [0.25, 0.3) is 0 Å². The van der Waals surface area contributed by atoms with Gasteiger partial charge in [-0.1, -0.05) is 0 Å². The molecule has 0 bridgehead atoms. The number of aryl methyl sites for hydroxylation is 1. The minimum atomic E-state index is -0.814. The van der Waals surface area contributed by atoms with Gasteiger partial charge in [0, 0.05) is 13.1 Å². The van der Waals surface area contributed by atoms with Gasteiger partial charge in [0.05, 0.1) is 31.9 Å². The van der Waals surface area contributed by atoms with Crippen LogP contribution in [-0.2, 0) is 16.1 Å². The number of furan rings is 1. The van der Waals surface area contributed by atoms with Gasteiger partial charge in [-0.3, -0.25) is 9.69 Å². The maximum absolute atomic E-state index is 10.6. The number of aliphatic carboxylic acids is 1. The highest BCUT2D eigenvalue weighted by atomic mass is 16.5. The average Bonchev–Trinajstić information content (AvgIpc) is 2.64. The van der Waals surface area contributed by atoms with Crippen LogP contribution in [0, 0.1) is 6.92 Å². The lowest BCUT2D eigenvalue weighted by atomic mass is 10.2. The molecule has 1 saturated heterocycles. The van der Waals surface area contributed by atoms with E-state index in [1.165, 1.54) is 0 Å². The molecule has 1 aromatic heterocycles. The molecule has 0 radical (unpaired) electrons. The number of nitrogens with zero attached hydrogens (tertiary/aromatic N) is 1. The molecule has 5 nitrogen and oxygen atoms in total. The first-order chi connectivity index (χ1) is 8.15. The number of carboxylic acid groups (broad SMARTS) is 1. The molecule has 0 amide bonds. The Labute approximate surface area is 100.0 Å². The molecule has 17 heavy (non-hydrogen) atoms. The Morgan fingerprint density at radius 2 is 2.47 bits per heavy atom. The predicted molar refractivity (Wildman–Crippen MR) is 60.7 cm³/mol. The van der Waals surface area contributed by atoms with Gasteiger partial charge < -0.3 is 14.3 Å². The van der Waals surface area contributed by atoms with Gasteiger partial charge in [-0.15, -0.1) is 0 Å². The standard InChI is InChI=1S/C12H17NO4/c1-9-2-4-17-11(9)8-13-3-5-16-10(7-13)6-12(14)15/h2,4,10H,3,5-8H2,1H3,(H,14,15). The van der Waals surface area contributed by atoms with Gasteiger partial charge >= 0.3 is 5.97 Å². The number of morpholine rings is 1. The summed E-state index contributed by atoms with van der Waals surface area (Å²) in [4.78, 5) is 12.8. The van der Waals surface area contributed by atoms with Crippen molar-refractivity contribution in [1.82, 2.24) is 4.90 Å². The molecule has 1 aliphatic rings. The van der Waals surface area contributed by atoms with Crippen molar-refractivity contribution in [1.29, 1.82) is 0 Å². The normalized spacial score (nSPS) is 21.6. The first-order valence-electron chi connectivity index (χ1n) is 5.74. The lowest BCUT2D eigenvalue weighted by molar-refractivity contribution is -0.142. The van der Waals surface area contributed by atoms with E-state index >= 15 is 0 Å². The number of hydrogen-bond donors (Lipinski definition) is 1. The molecule has 1 unspecified atom stereocenters. The molecule has 94 valence electrons. The number of hydrogen-bond acceptors (Lipinski definition) is 4. The van der Waals surface area contributed by atoms with E-state index in [9.17, 15) is 4.79 Å². The molecule has 0 saturated carbocycles. The van der Waals surface area contributed by atoms with E-state index in [1.807, 2.05) is 13.0 Å². The Morgan fingerprint density at radius 3 is 3.12 bits per heavy atom. The fourth-order valence-corrected chi connectivity index (χ4v) is 2.01. The van der Waals surface area contributed by atoms with Gasteiger partial charge in [0.15, 0.2) is 0 Å². The fraction of sp³-hybridized carbons (Fsp3) is 0.583. The zero-order valence-electron chi connectivity index (χ0n) is 9.89. The molecule has 1 N–H and O–H groups in total. The number of ether oxygens (including phenoxy) is 1. The van der Waals surface area contributed by atoms with Crippen LogP contribution < -0.4 is 0 Å². The van der Waals surface area contributed by atoms with Gasteiger partial charge in [0.2, 0.25) is 0 Å². The Morgan fingerprint density at radius 1 is 1.65 bits per heavy atom. The van der Waals surface area contributed by atoms with Crippen LogP contribution in [0.2, 0.25) is 0 Å². The summed E-state index contributed by atoms with van der Waals surface area (Å²) in [7, 11) is 0. The molecule has 1 aliphatic heterocycles. The van der Waals surface area contributed by atoms with E-state index in [0.717, 1.165) is 24.4 Å². The highest BCUT2D eigenvalue weighted by molar-refractivity contribution is 5.67. The maximum atomic E-state index is 10.6. The van der Waals surface area contributed by atoms with Crippen LogP contribution in [0.4, 0.5) is 0 Å². The molecule has 0 aromatic carbocycles. The molecule has 0 aliphatic carbocycles. The average molecular weight is 239 g/mol. The third-order valence-corrected chi connectivity index (χ3v) is 2.96. The third-order valence-electron chi connectivity index (χ3n) is 2.96. The molecular formula is C12H17NO4. The molecule has 1 atom stereocenters. The summed E-state index contributed by atoms with van der Waals surface area (Å²) >= 11 is 0. The van der Waals surface area contributed by atoms with Crippen molar-refractivity contribution in [3.63, 3.8) is 0 Å². The van der Waals surface area contributed by atoms with Crippen molar-refractivity contribution in [2.24, 2.45) is 0 Å². The number of rotatable bonds is 4. The Bertz CT molecular complexity index is 388. The smallest absolute Gasteiger partial charge is 0.306 e. The second-order valence-electron chi connectivity index (χ2n) is 4.35. The molecule has 1 fully saturated rings. The maximum Gasteiger partial charge on any atom is 0.306 e. The van der Waals surface area contributed by atoms with Crippen molar-refractivity contribution < 1.29 is 19.1 Å². The van der Waals surface area contributed by atoms with E-state index in [1.54, 1.807) is 6.26 Å². The topological polar surface area (TPSA) is 62.9 Å². The molecular weight excluding hydrogens is 222 g/mol. The Hall–Kier alpha value is -1.33. The number of carboxylic acids is 1. The van der Waals surface area contributed by atoms with E-state index in [4.69, 9.17) is 14.3 Å². The van der Waals surface area contributed by atoms with Crippen molar-refractivity contribution in [3.8, 4) is 0 Å². The largest absolute Gasteiger partial charge is 0.481 e. The predicted octanol–water partition coefficient (Wildman–Crippen LogP) is 1.26. The lowest BCUT2D eigenvalue weighted by Gasteiger charge is -2.31. The van der Waals surface area contributed by atoms with Gasteiger partial charge in [-0.2, -0.15) is 0 Å². The molecule has 1 aromatic rings. The third kappa shape index (κ3) is 3.31. The molecule has 2 rings (SSSR count). The summed E-state index contributed by atoms with van der Waals surface area (Å²) < 4.78 is 10.8. The quantitative estimate of drug-likeness (QED) is 0.857. The van der Waals surface area contributed by atoms with Gasteiger partial charge in [-0.05, 0) is 18.6 Å². The van der Waals surface area contributed by atoms with Crippen LogP contribution in [0.3, 0.4) is 0 Å². The van der Waals surface area contributed by atoms with Crippen LogP contribution in [0.25, 0.3) is 0 Å². The second kappa shape index (κ2) is 5.33.